The van der Waals surface area contributed by atoms with Crippen LogP contribution in [-0.4, -0.2) is 25.0 Å². The normalized spacial score (nSPS) is 34.1. The van der Waals surface area contributed by atoms with Crippen LogP contribution in [0.1, 0.15) is 26.7 Å². The zero-order valence-corrected chi connectivity index (χ0v) is 9.05. The van der Waals surface area contributed by atoms with Gasteiger partial charge in [-0.05, 0) is 31.2 Å². The average Bonchev–Trinajstić information content (AvgIpc) is 2.92. The number of nitrogens with one attached hydrogen (secondary N) is 2. The molecule has 2 aliphatic rings. The minimum atomic E-state index is 0.225. The summed E-state index contributed by atoms with van der Waals surface area (Å²) in [5.74, 6) is 1.72. The molecule has 1 heterocycles. The van der Waals surface area contributed by atoms with E-state index in [1.54, 1.807) is 0 Å². The van der Waals surface area contributed by atoms with Crippen LogP contribution in [0, 0.1) is 17.8 Å². The van der Waals surface area contributed by atoms with Crippen molar-refractivity contribution in [2.45, 2.75) is 32.7 Å². The smallest absolute Gasteiger partial charge is 0.223 e. The summed E-state index contributed by atoms with van der Waals surface area (Å²) < 4.78 is 0. The van der Waals surface area contributed by atoms with Gasteiger partial charge in [0.2, 0.25) is 5.91 Å². The molecule has 0 aromatic rings. The van der Waals surface area contributed by atoms with E-state index in [2.05, 4.69) is 24.5 Å². The minimum absolute atomic E-state index is 0.225. The molecule has 0 aromatic carbocycles. The Morgan fingerprint density at radius 3 is 2.64 bits per heavy atom. The van der Waals surface area contributed by atoms with Crippen LogP contribution in [0.2, 0.25) is 0 Å². The lowest BCUT2D eigenvalue weighted by molar-refractivity contribution is -0.125. The minimum Gasteiger partial charge on any atom is -0.352 e. The van der Waals surface area contributed by atoms with Crippen molar-refractivity contribution in [2.75, 3.05) is 13.1 Å². The molecule has 1 saturated carbocycles. The Balaban J connectivity index is 1.80. The molecule has 3 atom stereocenters. The number of carbonyl (C=O) groups is 1. The van der Waals surface area contributed by atoms with E-state index in [0.29, 0.717) is 17.9 Å². The van der Waals surface area contributed by atoms with E-state index >= 15 is 0 Å². The third-order valence-corrected chi connectivity index (χ3v) is 3.59. The fraction of sp³-hybridized carbons (Fsp3) is 0.909. The maximum atomic E-state index is 11.8. The third-order valence-electron chi connectivity index (χ3n) is 3.59. The van der Waals surface area contributed by atoms with Gasteiger partial charge < -0.3 is 10.6 Å². The molecule has 1 aliphatic heterocycles. The molecule has 3 nitrogen and oxygen atoms in total. The summed E-state index contributed by atoms with van der Waals surface area (Å²) in [6, 6.07) is 0.351. The topological polar surface area (TPSA) is 41.1 Å². The van der Waals surface area contributed by atoms with E-state index in [0.717, 1.165) is 13.1 Å². The van der Waals surface area contributed by atoms with Crippen molar-refractivity contribution in [1.29, 1.82) is 0 Å². The Morgan fingerprint density at radius 1 is 1.43 bits per heavy atom. The monoisotopic (exact) mass is 196 g/mol. The number of carbonyl (C=O) groups excluding carboxylic acids is 1. The molecule has 2 N–H and O–H groups in total. The van der Waals surface area contributed by atoms with E-state index in [9.17, 15) is 4.79 Å². The Bertz CT molecular complexity index is 225. The van der Waals surface area contributed by atoms with Crippen LogP contribution in [0.5, 0.6) is 0 Å². The molecule has 2 rings (SSSR count). The second-order valence-corrected chi connectivity index (χ2v) is 4.88. The molecule has 80 valence electrons. The second-order valence-electron chi connectivity index (χ2n) is 4.88. The van der Waals surface area contributed by atoms with Crippen molar-refractivity contribution in [3.8, 4) is 0 Å². The van der Waals surface area contributed by atoms with Crippen LogP contribution < -0.4 is 10.6 Å². The van der Waals surface area contributed by atoms with Crippen LogP contribution in [0.3, 0.4) is 0 Å². The Hall–Kier alpha value is -0.570. The van der Waals surface area contributed by atoms with Gasteiger partial charge in [-0.1, -0.05) is 13.8 Å². The van der Waals surface area contributed by atoms with E-state index < -0.39 is 0 Å². The van der Waals surface area contributed by atoms with E-state index in [1.807, 2.05) is 0 Å². The summed E-state index contributed by atoms with van der Waals surface area (Å²) in [5, 5.41) is 6.44. The highest BCUT2D eigenvalue weighted by Gasteiger charge is 2.34. The predicted octanol–water partition coefficient (Wildman–Crippen LogP) is 0.757. The maximum absolute atomic E-state index is 11.8. The molecule has 1 aliphatic carbocycles. The average molecular weight is 196 g/mol. The van der Waals surface area contributed by atoms with Gasteiger partial charge >= 0.3 is 0 Å². The lowest BCUT2D eigenvalue weighted by Crippen LogP contribution is -2.42. The van der Waals surface area contributed by atoms with Gasteiger partial charge in [0.25, 0.3) is 0 Å². The van der Waals surface area contributed by atoms with Crippen LogP contribution in [0.4, 0.5) is 0 Å². The fourth-order valence-electron chi connectivity index (χ4n) is 2.13. The Kier molecular flexibility index (Phi) is 2.77. The molecule has 2 fully saturated rings. The highest BCUT2D eigenvalue weighted by Crippen LogP contribution is 2.36. The molecule has 0 radical (unpaired) electrons. The second kappa shape index (κ2) is 3.89. The summed E-state index contributed by atoms with van der Waals surface area (Å²) in [7, 11) is 0. The molecular weight excluding hydrogens is 176 g/mol. The summed E-state index contributed by atoms with van der Waals surface area (Å²) in [6.45, 7) is 6.21. The standard InChI is InChI=1S/C11H20N2O/c1-7-5-12-6-10(7)13-11(14)8(2)9-3-4-9/h7-10,12H,3-6H2,1-2H3,(H,13,14). The maximum Gasteiger partial charge on any atom is 0.223 e. The molecule has 0 bridgehead atoms. The molecule has 3 unspecified atom stereocenters. The first-order chi connectivity index (χ1) is 6.68. The largest absolute Gasteiger partial charge is 0.352 e. The molecular formula is C11H20N2O. The first-order valence-electron chi connectivity index (χ1n) is 5.69. The van der Waals surface area contributed by atoms with Gasteiger partial charge in [0.15, 0.2) is 0 Å². The quantitative estimate of drug-likeness (QED) is 0.699. The Labute approximate surface area is 85.6 Å². The van der Waals surface area contributed by atoms with Crippen LogP contribution in [0.25, 0.3) is 0 Å². The highest BCUT2D eigenvalue weighted by molar-refractivity contribution is 5.79. The van der Waals surface area contributed by atoms with Crippen LogP contribution >= 0.6 is 0 Å². The number of rotatable bonds is 3. The zero-order chi connectivity index (χ0) is 10.1. The number of amides is 1. The summed E-state index contributed by atoms with van der Waals surface area (Å²) in [6.07, 6.45) is 2.49. The van der Waals surface area contributed by atoms with Gasteiger partial charge in [-0.3, -0.25) is 4.79 Å². The molecule has 14 heavy (non-hydrogen) atoms. The molecule has 0 spiro atoms. The summed E-state index contributed by atoms with van der Waals surface area (Å²) >= 11 is 0. The summed E-state index contributed by atoms with van der Waals surface area (Å²) in [5.41, 5.74) is 0. The molecule has 0 aromatic heterocycles. The first kappa shape index (κ1) is 9.97. The molecule has 1 amide bonds. The first-order valence-corrected chi connectivity index (χ1v) is 5.69. The van der Waals surface area contributed by atoms with E-state index in [-0.39, 0.29) is 11.8 Å². The van der Waals surface area contributed by atoms with Crippen molar-refractivity contribution in [2.24, 2.45) is 17.8 Å². The lowest BCUT2D eigenvalue weighted by atomic mass is 10.0. The predicted molar refractivity (Wildman–Crippen MR) is 55.9 cm³/mol. The van der Waals surface area contributed by atoms with Gasteiger partial charge in [0.1, 0.15) is 0 Å². The van der Waals surface area contributed by atoms with Crippen molar-refractivity contribution < 1.29 is 4.79 Å². The van der Waals surface area contributed by atoms with Gasteiger partial charge in [-0.15, -0.1) is 0 Å². The lowest BCUT2D eigenvalue weighted by Gasteiger charge is -2.19. The van der Waals surface area contributed by atoms with Crippen molar-refractivity contribution in [3.63, 3.8) is 0 Å². The molecule has 1 saturated heterocycles. The van der Waals surface area contributed by atoms with Gasteiger partial charge in [0.05, 0.1) is 0 Å². The molecule has 3 heteroatoms. The Morgan fingerprint density at radius 2 is 2.14 bits per heavy atom. The van der Waals surface area contributed by atoms with Crippen molar-refractivity contribution in [3.05, 3.63) is 0 Å². The van der Waals surface area contributed by atoms with Gasteiger partial charge in [-0.2, -0.15) is 0 Å². The van der Waals surface area contributed by atoms with Gasteiger partial charge in [0, 0.05) is 18.5 Å². The zero-order valence-electron chi connectivity index (χ0n) is 9.05. The van der Waals surface area contributed by atoms with Crippen molar-refractivity contribution in [1.82, 2.24) is 10.6 Å². The third kappa shape index (κ3) is 2.08. The number of hydrogen-bond donors (Lipinski definition) is 2. The van der Waals surface area contributed by atoms with Crippen LogP contribution in [-0.2, 0) is 4.79 Å². The van der Waals surface area contributed by atoms with Crippen molar-refractivity contribution >= 4 is 5.91 Å². The SMILES string of the molecule is CC1CNCC1NC(=O)C(C)C1CC1. The highest BCUT2D eigenvalue weighted by atomic mass is 16.2. The number of hydrogen-bond acceptors (Lipinski definition) is 2. The fourth-order valence-corrected chi connectivity index (χ4v) is 2.13. The van der Waals surface area contributed by atoms with E-state index in [4.69, 9.17) is 0 Å². The summed E-state index contributed by atoms with van der Waals surface area (Å²) in [4.78, 5) is 11.8. The van der Waals surface area contributed by atoms with Gasteiger partial charge in [-0.25, -0.2) is 0 Å². The van der Waals surface area contributed by atoms with E-state index in [1.165, 1.54) is 12.8 Å². The van der Waals surface area contributed by atoms with Crippen LogP contribution in [0.15, 0.2) is 0 Å².